The molecule has 0 saturated heterocycles. The number of aliphatic hydroxyl groups excluding tert-OH is 1. The fourth-order valence-electron chi connectivity index (χ4n) is 1.42. The van der Waals surface area contributed by atoms with Gasteiger partial charge in [-0.25, -0.2) is 0 Å². The molecule has 0 aromatic heterocycles. The van der Waals surface area contributed by atoms with Gasteiger partial charge >= 0.3 is 0 Å². The Kier molecular flexibility index (Phi) is 6.65. The summed E-state index contributed by atoms with van der Waals surface area (Å²) >= 11 is 1.71. The van der Waals surface area contributed by atoms with E-state index in [0.29, 0.717) is 0 Å². The average Bonchev–Trinajstić information content (AvgIpc) is 2.34. The second-order valence-corrected chi connectivity index (χ2v) is 4.91. The highest BCUT2D eigenvalue weighted by Crippen LogP contribution is 2.22. The molecule has 0 spiro atoms. The van der Waals surface area contributed by atoms with Crippen LogP contribution < -0.4 is 0 Å². The largest absolute Gasteiger partial charge is 0.396 e. The first-order valence-corrected chi connectivity index (χ1v) is 6.70. The number of rotatable bonds is 8. The lowest BCUT2D eigenvalue weighted by molar-refractivity contribution is -0.384. The highest BCUT2D eigenvalue weighted by atomic mass is 32.2. The molecule has 1 aromatic rings. The number of thioether (sulfide) groups is 1. The zero-order chi connectivity index (χ0) is 12.5. The van der Waals surface area contributed by atoms with Gasteiger partial charge in [0.05, 0.1) is 4.92 Å². The molecule has 0 aliphatic rings. The molecule has 0 heterocycles. The van der Waals surface area contributed by atoms with Crippen molar-refractivity contribution in [2.45, 2.75) is 30.6 Å². The van der Waals surface area contributed by atoms with Gasteiger partial charge in [-0.1, -0.05) is 12.8 Å². The third kappa shape index (κ3) is 5.70. The topological polar surface area (TPSA) is 63.4 Å². The average molecular weight is 255 g/mol. The van der Waals surface area contributed by atoms with E-state index in [-0.39, 0.29) is 17.2 Å². The summed E-state index contributed by atoms with van der Waals surface area (Å²) in [7, 11) is 0. The fraction of sp³-hybridized carbons (Fsp3) is 0.500. The minimum absolute atomic E-state index is 0.136. The van der Waals surface area contributed by atoms with Crippen LogP contribution in [0.5, 0.6) is 0 Å². The molecular formula is C12H17NO3S. The predicted molar refractivity (Wildman–Crippen MR) is 69.4 cm³/mol. The molecule has 0 fully saturated rings. The number of unbranched alkanes of at least 4 members (excludes halogenated alkanes) is 3. The molecule has 0 aliphatic heterocycles. The standard InChI is InChI=1S/C12H17NO3S/c14-9-3-1-2-4-10-17-12-7-5-11(6-8-12)13(15)16/h5-8,14H,1-4,9-10H2. The van der Waals surface area contributed by atoms with E-state index in [1.807, 2.05) is 0 Å². The van der Waals surface area contributed by atoms with Crippen molar-refractivity contribution in [2.24, 2.45) is 0 Å². The molecule has 0 atom stereocenters. The van der Waals surface area contributed by atoms with Crippen LogP contribution in [0.2, 0.25) is 0 Å². The van der Waals surface area contributed by atoms with Crippen LogP contribution in [-0.2, 0) is 0 Å². The number of nitrogens with zero attached hydrogens (tertiary/aromatic N) is 1. The van der Waals surface area contributed by atoms with Crippen molar-refractivity contribution >= 4 is 17.4 Å². The SMILES string of the molecule is O=[N+]([O-])c1ccc(SCCCCCCO)cc1. The first kappa shape index (κ1) is 14.0. The van der Waals surface area contributed by atoms with Gasteiger partial charge in [-0.05, 0) is 30.7 Å². The smallest absolute Gasteiger partial charge is 0.269 e. The molecule has 1 N–H and O–H groups in total. The van der Waals surface area contributed by atoms with Crippen LogP contribution in [0.15, 0.2) is 29.2 Å². The molecular weight excluding hydrogens is 238 g/mol. The molecule has 17 heavy (non-hydrogen) atoms. The minimum atomic E-state index is -0.386. The summed E-state index contributed by atoms with van der Waals surface area (Å²) < 4.78 is 0. The number of aliphatic hydroxyl groups is 1. The number of nitro benzene ring substituents is 1. The molecule has 0 saturated carbocycles. The minimum Gasteiger partial charge on any atom is -0.396 e. The number of hydrogen-bond acceptors (Lipinski definition) is 4. The molecule has 5 heteroatoms. The van der Waals surface area contributed by atoms with Gasteiger partial charge in [0, 0.05) is 23.6 Å². The van der Waals surface area contributed by atoms with E-state index in [1.165, 1.54) is 12.1 Å². The number of benzene rings is 1. The Morgan fingerprint density at radius 2 is 1.76 bits per heavy atom. The van der Waals surface area contributed by atoms with Gasteiger partial charge in [0.2, 0.25) is 0 Å². The molecule has 0 bridgehead atoms. The molecule has 0 amide bonds. The summed E-state index contributed by atoms with van der Waals surface area (Å²) in [6, 6.07) is 6.65. The van der Waals surface area contributed by atoms with Crippen molar-refractivity contribution in [1.82, 2.24) is 0 Å². The van der Waals surface area contributed by atoms with E-state index in [4.69, 9.17) is 5.11 Å². The van der Waals surface area contributed by atoms with Crippen LogP contribution in [0.1, 0.15) is 25.7 Å². The van der Waals surface area contributed by atoms with Crippen LogP contribution >= 0.6 is 11.8 Å². The van der Waals surface area contributed by atoms with Gasteiger partial charge in [0.1, 0.15) is 0 Å². The molecule has 4 nitrogen and oxygen atoms in total. The maximum Gasteiger partial charge on any atom is 0.269 e. The van der Waals surface area contributed by atoms with Gasteiger partial charge in [0.15, 0.2) is 0 Å². The molecule has 0 unspecified atom stereocenters. The Hall–Kier alpha value is -1.07. The van der Waals surface area contributed by atoms with Crippen LogP contribution in [-0.4, -0.2) is 22.4 Å². The first-order chi connectivity index (χ1) is 8.24. The van der Waals surface area contributed by atoms with Gasteiger partial charge in [-0.2, -0.15) is 0 Å². The van der Waals surface area contributed by atoms with E-state index in [9.17, 15) is 10.1 Å². The number of nitro groups is 1. The molecule has 1 aromatic carbocycles. The Morgan fingerprint density at radius 1 is 1.12 bits per heavy atom. The lowest BCUT2D eigenvalue weighted by Gasteiger charge is -2.01. The van der Waals surface area contributed by atoms with Crippen LogP contribution in [0.4, 0.5) is 5.69 Å². The summed E-state index contributed by atoms with van der Waals surface area (Å²) in [5.74, 6) is 1.02. The molecule has 0 radical (unpaired) electrons. The Labute approximate surface area is 105 Å². The van der Waals surface area contributed by atoms with Crippen molar-refractivity contribution < 1.29 is 10.0 Å². The van der Waals surface area contributed by atoms with E-state index in [1.54, 1.807) is 23.9 Å². The van der Waals surface area contributed by atoms with Crippen molar-refractivity contribution in [3.05, 3.63) is 34.4 Å². The van der Waals surface area contributed by atoms with Gasteiger partial charge in [-0.3, -0.25) is 10.1 Å². The summed E-state index contributed by atoms with van der Waals surface area (Å²) in [5.41, 5.74) is 0.136. The normalized spacial score (nSPS) is 10.4. The van der Waals surface area contributed by atoms with Crippen molar-refractivity contribution in [3.8, 4) is 0 Å². The summed E-state index contributed by atoms with van der Waals surface area (Å²) in [6.45, 7) is 0.273. The van der Waals surface area contributed by atoms with Gasteiger partial charge < -0.3 is 5.11 Å². The van der Waals surface area contributed by atoms with E-state index in [2.05, 4.69) is 0 Å². The Bertz CT molecular complexity index is 340. The van der Waals surface area contributed by atoms with Crippen molar-refractivity contribution in [3.63, 3.8) is 0 Å². The first-order valence-electron chi connectivity index (χ1n) is 5.72. The van der Waals surface area contributed by atoms with Crippen LogP contribution in [0.25, 0.3) is 0 Å². The zero-order valence-corrected chi connectivity index (χ0v) is 10.5. The van der Waals surface area contributed by atoms with Crippen LogP contribution in [0, 0.1) is 10.1 Å². The number of hydrogen-bond donors (Lipinski definition) is 1. The number of non-ortho nitro benzene ring substituents is 1. The highest BCUT2D eigenvalue weighted by Gasteiger charge is 2.03. The second kappa shape index (κ2) is 8.08. The van der Waals surface area contributed by atoms with Gasteiger partial charge in [0.25, 0.3) is 5.69 Å². The van der Waals surface area contributed by atoms with E-state index >= 15 is 0 Å². The molecule has 94 valence electrons. The third-order valence-corrected chi connectivity index (χ3v) is 3.47. The van der Waals surface area contributed by atoms with Crippen molar-refractivity contribution in [1.29, 1.82) is 0 Å². The lowest BCUT2D eigenvalue weighted by atomic mass is 10.2. The second-order valence-electron chi connectivity index (χ2n) is 3.74. The van der Waals surface area contributed by atoms with Gasteiger partial charge in [-0.15, -0.1) is 11.8 Å². The Balaban J connectivity index is 2.21. The predicted octanol–water partition coefficient (Wildman–Crippen LogP) is 3.24. The zero-order valence-electron chi connectivity index (χ0n) is 9.67. The van der Waals surface area contributed by atoms with E-state index in [0.717, 1.165) is 36.3 Å². The Morgan fingerprint density at radius 3 is 2.35 bits per heavy atom. The maximum atomic E-state index is 10.5. The third-order valence-electron chi connectivity index (χ3n) is 2.37. The summed E-state index contributed by atoms with van der Waals surface area (Å²) in [5, 5.41) is 19.1. The van der Waals surface area contributed by atoms with Crippen LogP contribution in [0.3, 0.4) is 0 Å². The molecule has 1 rings (SSSR count). The summed E-state index contributed by atoms with van der Waals surface area (Å²) in [4.78, 5) is 11.1. The molecule has 0 aliphatic carbocycles. The monoisotopic (exact) mass is 255 g/mol. The maximum absolute atomic E-state index is 10.5. The quantitative estimate of drug-likeness (QED) is 0.335. The summed E-state index contributed by atoms with van der Waals surface area (Å²) in [6.07, 6.45) is 4.18. The van der Waals surface area contributed by atoms with Crippen molar-refractivity contribution in [2.75, 3.05) is 12.4 Å². The fourth-order valence-corrected chi connectivity index (χ4v) is 2.33. The lowest BCUT2D eigenvalue weighted by Crippen LogP contribution is -1.87. The highest BCUT2D eigenvalue weighted by molar-refractivity contribution is 7.99. The van der Waals surface area contributed by atoms with E-state index < -0.39 is 0 Å².